The molecule has 4 atom stereocenters. The number of amides is 3. The Morgan fingerprint density at radius 1 is 0.975 bits per heavy atom. The molecular formula is C24H35N9O6S. The zero-order valence-electron chi connectivity index (χ0n) is 21.6. The summed E-state index contributed by atoms with van der Waals surface area (Å²) in [5.41, 5.74) is 17.8. The van der Waals surface area contributed by atoms with Crippen molar-refractivity contribution in [2.75, 3.05) is 12.3 Å². The summed E-state index contributed by atoms with van der Waals surface area (Å²) in [5, 5.41) is 26.6. The molecule has 0 saturated heterocycles. The lowest BCUT2D eigenvalue weighted by molar-refractivity contribution is -0.142. The van der Waals surface area contributed by atoms with E-state index in [9.17, 15) is 29.4 Å². The van der Waals surface area contributed by atoms with Crippen LogP contribution in [-0.4, -0.2) is 86.3 Å². The number of carboxylic acid groups (broad SMARTS) is 1. The average molecular weight is 578 g/mol. The second-order valence-electron chi connectivity index (χ2n) is 8.91. The molecule has 0 spiro atoms. The van der Waals surface area contributed by atoms with Crippen molar-refractivity contribution in [1.82, 2.24) is 25.9 Å². The Morgan fingerprint density at radius 3 is 2.17 bits per heavy atom. The molecule has 40 heavy (non-hydrogen) atoms. The van der Waals surface area contributed by atoms with E-state index in [1.807, 2.05) is 0 Å². The van der Waals surface area contributed by atoms with Crippen LogP contribution >= 0.6 is 12.6 Å². The van der Waals surface area contributed by atoms with Gasteiger partial charge in [-0.1, -0.05) is 12.1 Å². The van der Waals surface area contributed by atoms with E-state index < -0.39 is 47.9 Å². The maximum Gasteiger partial charge on any atom is 0.326 e. The fourth-order valence-electron chi connectivity index (χ4n) is 3.58. The number of aromatic hydroxyl groups is 1. The summed E-state index contributed by atoms with van der Waals surface area (Å²) < 4.78 is 0. The van der Waals surface area contributed by atoms with Crippen molar-refractivity contribution in [2.45, 2.75) is 49.9 Å². The fraction of sp³-hybridized carbons (Fsp3) is 0.417. The number of nitrogens with two attached hydrogens (primary N) is 3. The first-order valence-electron chi connectivity index (χ1n) is 12.3. The van der Waals surface area contributed by atoms with Crippen molar-refractivity contribution in [3.63, 3.8) is 0 Å². The number of aliphatic imine (C=N–C) groups is 1. The molecule has 15 nitrogen and oxygen atoms in total. The largest absolute Gasteiger partial charge is 0.508 e. The van der Waals surface area contributed by atoms with E-state index in [1.165, 1.54) is 36.8 Å². The summed E-state index contributed by atoms with van der Waals surface area (Å²) in [7, 11) is 0. The van der Waals surface area contributed by atoms with Crippen molar-refractivity contribution in [2.24, 2.45) is 22.2 Å². The number of carbonyl (C=O) groups is 4. The monoisotopic (exact) mass is 577 g/mol. The van der Waals surface area contributed by atoms with Gasteiger partial charge in [0.2, 0.25) is 17.7 Å². The van der Waals surface area contributed by atoms with Crippen molar-refractivity contribution in [1.29, 1.82) is 0 Å². The summed E-state index contributed by atoms with van der Waals surface area (Å²) in [5.74, 6) is -3.62. The number of rotatable bonds is 16. The van der Waals surface area contributed by atoms with E-state index in [4.69, 9.17) is 17.2 Å². The Kier molecular flexibility index (Phi) is 12.7. The molecule has 0 radical (unpaired) electrons. The zero-order chi connectivity index (χ0) is 29.7. The lowest BCUT2D eigenvalue weighted by Gasteiger charge is -2.24. The molecule has 218 valence electrons. The number of aliphatic carboxylic acids is 1. The van der Waals surface area contributed by atoms with Crippen LogP contribution in [0.5, 0.6) is 5.75 Å². The van der Waals surface area contributed by atoms with Gasteiger partial charge in [0.25, 0.3) is 0 Å². The molecule has 0 saturated carbocycles. The molecule has 3 amide bonds. The van der Waals surface area contributed by atoms with E-state index in [1.54, 1.807) is 0 Å². The number of H-pyrrole nitrogens is 1. The normalized spacial score (nSPS) is 13.8. The quantitative estimate of drug-likeness (QED) is 0.0443. The maximum absolute atomic E-state index is 13.1. The molecule has 0 fully saturated rings. The second kappa shape index (κ2) is 15.9. The number of phenols is 1. The predicted octanol–water partition coefficient (Wildman–Crippen LogP) is -2.25. The number of aromatic amines is 1. The molecule has 12 N–H and O–H groups in total. The van der Waals surface area contributed by atoms with Crippen LogP contribution < -0.4 is 33.2 Å². The van der Waals surface area contributed by atoms with E-state index in [2.05, 4.69) is 43.5 Å². The summed E-state index contributed by atoms with van der Waals surface area (Å²) >= 11 is 4.14. The number of aromatic nitrogens is 2. The van der Waals surface area contributed by atoms with Crippen LogP contribution in [0.25, 0.3) is 0 Å². The van der Waals surface area contributed by atoms with Gasteiger partial charge in [-0.25, -0.2) is 9.78 Å². The minimum Gasteiger partial charge on any atom is -0.508 e. The second-order valence-corrected chi connectivity index (χ2v) is 9.28. The van der Waals surface area contributed by atoms with Crippen LogP contribution in [0, 0.1) is 0 Å². The number of carbonyl (C=O) groups excluding carboxylic acids is 3. The van der Waals surface area contributed by atoms with Gasteiger partial charge in [0.05, 0.1) is 12.4 Å². The number of phenolic OH excluding ortho intramolecular Hbond substituents is 1. The molecule has 1 aromatic heterocycles. The topological polar surface area (TPSA) is 264 Å². The Balaban J connectivity index is 2.09. The first-order valence-corrected chi connectivity index (χ1v) is 12.9. The van der Waals surface area contributed by atoms with Gasteiger partial charge < -0.3 is 48.3 Å². The number of nitrogens with zero attached hydrogens (tertiary/aromatic N) is 2. The molecule has 0 aliphatic heterocycles. The number of imidazole rings is 1. The summed E-state index contributed by atoms with van der Waals surface area (Å²) in [6, 6.07) is 1.24. The van der Waals surface area contributed by atoms with Crippen LogP contribution in [0.2, 0.25) is 0 Å². The highest BCUT2D eigenvalue weighted by atomic mass is 32.1. The standard InChI is InChI=1S/C24H35N9O6S/c25-16(9-14-10-28-12-30-14)20(35)33-19(11-40)22(37)31-17(2-1-7-29-24(26)27)21(36)32-18(23(38)39)8-13-3-5-15(34)6-4-13/h3-6,10,12,16-19,34,40H,1-2,7-9,11,25H2,(H,28,30)(H,31,37)(H,32,36)(H,33,35)(H,38,39)(H4,26,27,29). The Labute approximate surface area is 235 Å². The van der Waals surface area contributed by atoms with E-state index in [-0.39, 0.29) is 49.7 Å². The van der Waals surface area contributed by atoms with Crippen LogP contribution in [-0.2, 0) is 32.0 Å². The third-order valence-corrected chi connectivity index (χ3v) is 6.08. The van der Waals surface area contributed by atoms with E-state index >= 15 is 0 Å². The summed E-state index contributed by atoms with van der Waals surface area (Å²) in [4.78, 5) is 61.1. The van der Waals surface area contributed by atoms with Gasteiger partial charge in [0.1, 0.15) is 23.9 Å². The number of thiol groups is 1. The van der Waals surface area contributed by atoms with Crippen molar-refractivity contribution >= 4 is 42.3 Å². The van der Waals surface area contributed by atoms with Gasteiger partial charge in [0.15, 0.2) is 5.96 Å². The minimum atomic E-state index is -1.32. The molecule has 1 aromatic carbocycles. The molecule has 0 aliphatic carbocycles. The van der Waals surface area contributed by atoms with Gasteiger partial charge in [-0.2, -0.15) is 12.6 Å². The number of hydrogen-bond donors (Lipinski definition) is 10. The third kappa shape index (κ3) is 10.8. The van der Waals surface area contributed by atoms with Gasteiger partial charge in [0, 0.05) is 37.0 Å². The van der Waals surface area contributed by atoms with Crippen molar-refractivity contribution < 1.29 is 29.4 Å². The van der Waals surface area contributed by atoms with E-state index in [0.717, 1.165) is 0 Å². The molecule has 2 rings (SSSR count). The molecule has 16 heteroatoms. The first-order chi connectivity index (χ1) is 19.0. The average Bonchev–Trinajstić information content (AvgIpc) is 3.42. The Bertz CT molecular complexity index is 1160. The highest BCUT2D eigenvalue weighted by molar-refractivity contribution is 7.80. The number of guanidine groups is 1. The highest BCUT2D eigenvalue weighted by Gasteiger charge is 2.30. The molecule has 1 heterocycles. The minimum absolute atomic E-state index is 0.0105. The zero-order valence-corrected chi connectivity index (χ0v) is 22.5. The van der Waals surface area contributed by atoms with Gasteiger partial charge >= 0.3 is 5.97 Å². The molecule has 0 bridgehead atoms. The number of hydrogen-bond acceptors (Lipinski definition) is 9. The SMILES string of the molecule is NC(N)=NCCCC(NC(=O)C(CS)NC(=O)C(N)Cc1cnc[nH]1)C(=O)NC(Cc1ccc(O)cc1)C(=O)O. The summed E-state index contributed by atoms with van der Waals surface area (Å²) in [6.07, 6.45) is 3.39. The first kappa shape index (κ1) is 31.9. The highest BCUT2D eigenvalue weighted by Crippen LogP contribution is 2.12. The van der Waals surface area contributed by atoms with Crippen LogP contribution in [0.1, 0.15) is 24.1 Å². The summed E-state index contributed by atoms with van der Waals surface area (Å²) in [6.45, 7) is 0.160. The van der Waals surface area contributed by atoms with Gasteiger partial charge in [-0.3, -0.25) is 19.4 Å². The van der Waals surface area contributed by atoms with Crippen LogP contribution in [0.15, 0.2) is 41.8 Å². The molecular weight excluding hydrogens is 542 g/mol. The third-order valence-electron chi connectivity index (χ3n) is 5.72. The lowest BCUT2D eigenvalue weighted by Crippen LogP contribution is -2.58. The lowest BCUT2D eigenvalue weighted by atomic mass is 10.0. The van der Waals surface area contributed by atoms with Gasteiger partial charge in [-0.15, -0.1) is 0 Å². The van der Waals surface area contributed by atoms with Crippen molar-refractivity contribution in [3.05, 3.63) is 48.0 Å². The van der Waals surface area contributed by atoms with Gasteiger partial charge in [-0.05, 0) is 30.5 Å². The van der Waals surface area contributed by atoms with Crippen molar-refractivity contribution in [3.8, 4) is 5.75 Å². The van der Waals surface area contributed by atoms with Crippen LogP contribution in [0.4, 0.5) is 0 Å². The predicted molar refractivity (Wildman–Crippen MR) is 149 cm³/mol. The smallest absolute Gasteiger partial charge is 0.326 e. The fourth-order valence-corrected chi connectivity index (χ4v) is 3.84. The molecule has 2 aromatic rings. The maximum atomic E-state index is 13.1. The number of benzene rings is 1. The molecule has 4 unspecified atom stereocenters. The number of nitrogens with one attached hydrogen (secondary N) is 4. The Hall–Kier alpha value is -4.31. The Morgan fingerprint density at radius 2 is 1.60 bits per heavy atom. The van der Waals surface area contributed by atoms with Crippen LogP contribution in [0.3, 0.4) is 0 Å². The molecule has 0 aliphatic rings. The van der Waals surface area contributed by atoms with E-state index in [0.29, 0.717) is 11.3 Å². The number of carboxylic acids is 1.